The second-order valence-corrected chi connectivity index (χ2v) is 3.05. The summed E-state index contributed by atoms with van der Waals surface area (Å²) in [5, 5.41) is 14.4. The Kier molecular flexibility index (Phi) is 4.32. The molecule has 0 aromatic heterocycles. The Labute approximate surface area is 92.1 Å². The summed E-state index contributed by atoms with van der Waals surface area (Å²) >= 11 is 0. The number of ether oxygens (including phenoxy) is 1. The molecule has 0 fully saturated rings. The molecule has 2 atom stereocenters. The number of nitrogens with zero attached hydrogens (tertiary/aromatic N) is 2. The van der Waals surface area contributed by atoms with Gasteiger partial charge < -0.3 is 14.6 Å². The zero-order valence-corrected chi connectivity index (χ0v) is 8.66. The van der Waals surface area contributed by atoms with E-state index in [9.17, 15) is 9.90 Å². The van der Waals surface area contributed by atoms with Crippen LogP contribution < -0.4 is 10.0 Å². The lowest BCUT2D eigenvalue weighted by molar-refractivity contribution is -0.316. The predicted molar refractivity (Wildman–Crippen MR) is 52.3 cm³/mol. The number of nitrogens with one attached hydrogen (secondary N) is 1. The van der Waals surface area contributed by atoms with Crippen LogP contribution in [0.3, 0.4) is 0 Å². The maximum atomic E-state index is 10.8. The first kappa shape index (κ1) is 12.0. The summed E-state index contributed by atoms with van der Waals surface area (Å²) in [6.07, 6.45) is -1.25. The topological polar surface area (TPSA) is 99.7 Å². The number of hydrogen-bond acceptors (Lipinski definition) is 5. The van der Waals surface area contributed by atoms with Gasteiger partial charge in [0.2, 0.25) is 4.91 Å². The van der Waals surface area contributed by atoms with Crippen molar-refractivity contribution in [1.82, 2.24) is 4.91 Å². The molecule has 0 saturated heterocycles. The second kappa shape index (κ2) is 5.75. The first-order valence-corrected chi connectivity index (χ1v) is 4.56. The Hall–Kier alpha value is -2.04. The summed E-state index contributed by atoms with van der Waals surface area (Å²) in [6.45, 7) is 0. The molecule has 1 rings (SSSR count). The molecule has 0 bridgehead atoms. The third-order valence-corrected chi connectivity index (χ3v) is 2.10. The number of carboxylic acid groups (broad SMARTS) is 1. The highest BCUT2D eigenvalue weighted by atomic mass is 16.5. The molecule has 6 heteroatoms. The van der Waals surface area contributed by atoms with Gasteiger partial charge in [-0.3, -0.25) is 0 Å². The van der Waals surface area contributed by atoms with Gasteiger partial charge >= 0.3 is 0 Å². The molecule has 1 aromatic rings. The molecule has 6 nitrogen and oxygen atoms in total. The Morgan fingerprint density at radius 3 is 2.56 bits per heavy atom. The molecule has 0 heterocycles. The molecule has 1 N–H and O–H groups in total. The molecular formula is C10H11N3O3. The number of rotatable bonds is 5. The fraction of sp³-hybridized carbons (Fsp3) is 0.300. The van der Waals surface area contributed by atoms with E-state index in [-0.39, 0.29) is 0 Å². The Morgan fingerprint density at radius 2 is 2.12 bits per heavy atom. The van der Waals surface area contributed by atoms with Crippen LogP contribution in [-0.2, 0) is 9.53 Å². The molecule has 2 unspecified atom stereocenters. The minimum absolute atomic E-state index is 0.606. The van der Waals surface area contributed by atoms with E-state index in [0.717, 1.165) is 0 Å². The summed E-state index contributed by atoms with van der Waals surface area (Å²) in [5.74, 6) is -1.39. The number of carbonyl (C=O) groups is 1. The molecule has 0 spiro atoms. The van der Waals surface area contributed by atoms with Crippen molar-refractivity contribution in [3.05, 3.63) is 35.9 Å². The number of carboxylic acids is 1. The van der Waals surface area contributed by atoms with Crippen LogP contribution in [0.1, 0.15) is 11.6 Å². The van der Waals surface area contributed by atoms with Crippen molar-refractivity contribution in [3.63, 3.8) is 0 Å². The molecule has 0 aliphatic carbocycles. The number of methoxy groups -OCH3 is 1. The van der Waals surface area contributed by atoms with Crippen molar-refractivity contribution in [1.29, 1.82) is 5.53 Å². The number of carbonyl (C=O) groups excluding carboxylic acids is 1. The molecule has 1 aromatic carbocycles. The standard InChI is InChI=1S/C10H11N3O3/c1-16-9(10(14)15)8(12-13-11)7-5-3-2-4-6-7/h2-6,8-9,11H,1H3. The zero-order valence-electron chi connectivity index (χ0n) is 8.66. The summed E-state index contributed by atoms with van der Waals surface area (Å²) in [5.41, 5.74) is 7.29. The van der Waals surface area contributed by atoms with Crippen LogP contribution in [-0.4, -0.2) is 19.2 Å². The first-order valence-electron chi connectivity index (χ1n) is 4.56. The van der Waals surface area contributed by atoms with Gasteiger partial charge in [0.1, 0.15) is 16.7 Å². The van der Waals surface area contributed by atoms with E-state index in [1.54, 1.807) is 30.3 Å². The van der Waals surface area contributed by atoms with Gasteiger partial charge in [-0.25, -0.2) is 0 Å². The van der Waals surface area contributed by atoms with Gasteiger partial charge in [0, 0.05) is 7.11 Å². The molecule has 0 aliphatic rings. The van der Waals surface area contributed by atoms with Crippen molar-refractivity contribution >= 4 is 5.97 Å². The monoisotopic (exact) mass is 221 g/mol. The normalized spacial score (nSPS) is 13.6. The van der Waals surface area contributed by atoms with E-state index in [0.29, 0.717) is 5.56 Å². The second-order valence-electron chi connectivity index (χ2n) is 3.05. The van der Waals surface area contributed by atoms with Gasteiger partial charge in [-0.05, 0) is 5.56 Å². The van der Waals surface area contributed by atoms with Crippen LogP contribution in [0, 0.1) is 5.53 Å². The highest BCUT2D eigenvalue weighted by Gasteiger charge is 2.28. The zero-order chi connectivity index (χ0) is 12.0. The average Bonchev–Trinajstić information content (AvgIpc) is 2.29. The Bertz CT molecular complexity index is 401. The molecule has 0 saturated carbocycles. The van der Waals surface area contributed by atoms with Gasteiger partial charge in [0.25, 0.3) is 0 Å². The highest BCUT2D eigenvalue weighted by molar-refractivity contribution is 5.71. The lowest BCUT2D eigenvalue weighted by Crippen LogP contribution is -2.40. The summed E-state index contributed by atoms with van der Waals surface area (Å²) in [6, 6.07) is 7.78. The summed E-state index contributed by atoms with van der Waals surface area (Å²) < 4.78 is 4.78. The van der Waals surface area contributed by atoms with E-state index in [1.165, 1.54) is 7.11 Å². The van der Waals surface area contributed by atoms with Crippen LogP contribution in [0.2, 0.25) is 0 Å². The molecule has 0 amide bonds. The highest BCUT2D eigenvalue weighted by Crippen LogP contribution is 2.22. The molecule has 84 valence electrons. The fourth-order valence-corrected chi connectivity index (χ4v) is 1.37. The van der Waals surface area contributed by atoms with Crippen molar-refractivity contribution < 1.29 is 14.6 Å². The van der Waals surface area contributed by atoms with Gasteiger partial charge in [0.05, 0.1) is 5.97 Å². The molecule has 0 radical (unpaired) electrons. The van der Waals surface area contributed by atoms with E-state index < -0.39 is 18.1 Å². The van der Waals surface area contributed by atoms with Gasteiger partial charge in [-0.2, -0.15) is 0 Å². The minimum atomic E-state index is -1.39. The molecular weight excluding hydrogens is 210 g/mol. The van der Waals surface area contributed by atoms with Crippen LogP contribution in [0.4, 0.5) is 0 Å². The lowest BCUT2D eigenvalue weighted by atomic mass is 10.0. The number of aliphatic carboxylic acids is 1. The lowest BCUT2D eigenvalue weighted by Gasteiger charge is -2.19. The quantitative estimate of drug-likeness (QED) is 0.561. The first-order chi connectivity index (χ1) is 7.70. The van der Waals surface area contributed by atoms with Crippen LogP contribution >= 0.6 is 0 Å². The van der Waals surface area contributed by atoms with Gasteiger partial charge in [-0.1, -0.05) is 30.3 Å². The van der Waals surface area contributed by atoms with Gasteiger partial charge in [-0.15, -0.1) is 0 Å². The SMILES string of the molecule is COC(C(=O)[O-])C(N=[N+]=N)c1ccccc1. The Morgan fingerprint density at radius 1 is 1.50 bits per heavy atom. The van der Waals surface area contributed by atoms with Crippen molar-refractivity contribution in [3.8, 4) is 0 Å². The van der Waals surface area contributed by atoms with Gasteiger partial charge in [0.15, 0.2) is 6.04 Å². The maximum absolute atomic E-state index is 10.8. The van der Waals surface area contributed by atoms with E-state index in [4.69, 9.17) is 10.3 Å². The van der Waals surface area contributed by atoms with Crippen LogP contribution in [0.5, 0.6) is 0 Å². The summed E-state index contributed by atoms with van der Waals surface area (Å²) in [7, 11) is 1.25. The van der Waals surface area contributed by atoms with Crippen molar-refractivity contribution in [2.24, 2.45) is 5.11 Å². The smallest absolute Gasteiger partial charge is 0.214 e. The maximum Gasteiger partial charge on any atom is 0.214 e. The number of benzene rings is 1. The van der Waals surface area contributed by atoms with Crippen LogP contribution in [0.25, 0.3) is 0 Å². The van der Waals surface area contributed by atoms with E-state index >= 15 is 0 Å². The van der Waals surface area contributed by atoms with E-state index in [2.05, 4.69) is 10.0 Å². The largest absolute Gasteiger partial charge is 0.547 e. The van der Waals surface area contributed by atoms with Crippen molar-refractivity contribution in [2.75, 3.05) is 7.11 Å². The third-order valence-electron chi connectivity index (χ3n) is 2.10. The number of hydrogen-bond donors (Lipinski definition) is 1. The molecule has 0 aliphatic heterocycles. The molecule has 16 heavy (non-hydrogen) atoms. The average molecular weight is 221 g/mol. The fourth-order valence-electron chi connectivity index (χ4n) is 1.37. The van der Waals surface area contributed by atoms with Crippen molar-refractivity contribution in [2.45, 2.75) is 12.1 Å². The van der Waals surface area contributed by atoms with E-state index in [1.807, 2.05) is 0 Å². The predicted octanol–water partition coefficient (Wildman–Crippen LogP) is 0.0430. The Balaban J connectivity index is 3.08. The van der Waals surface area contributed by atoms with Crippen LogP contribution in [0.15, 0.2) is 35.4 Å². The minimum Gasteiger partial charge on any atom is -0.547 e. The third kappa shape index (κ3) is 2.73. The summed E-state index contributed by atoms with van der Waals surface area (Å²) in [4.78, 5) is 13.7.